The Labute approximate surface area is 188 Å². The minimum absolute atomic E-state index is 0.0966. The number of rotatable bonds is 8. The molecule has 0 atom stereocenters. The molecule has 0 unspecified atom stereocenters. The van der Waals surface area contributed by atoms with Gasteiger partial charge in [0.05, 0.1) is 7.11 Å². The smallest absolute Gasteiger partial charge is 0.251 e. The van der Waals surface area contributed by atoms with Gasteiger partial charge in [-0.25, -0.2) is 17.5 Å². The van der Waals surface area contributed by atoms with Crippen molar-refractivity contribution in [3.05, 3.63) is 59.4 Å². The second kappa shape index (κ2) is 9.97. The minimum atomic E-state index is -3.86. The maximum absolute atomic E-state index is 13.4. The maximum Gasteiger partial charge on any atom is 0.251 e. The van der Waals surface area contributed by atoms with Crippen LogP contribution in [0.2, 0.25) is 0 Å². The zero-order valence-corrected chi connectivity index (χ0v) is 19.3. The highest BCUT2D eigenvalue weighted by atomic mass is 32.2. The van der Waals surface area contributed by atoms with Gasteiger partial charge in [-0.1, -0.05) is 12.1 Å². The molecule has 0 aliphatic carbocycles. The Morgan fingerprint density at radius 1 is 1.16 bits per heavy atom. The van der Waals surface area contributed by atoms with Crippen molar-refractivity contribution >= 4 is 15.9 Å². The van der Waals surface area contributed by atoms with Gasteiger partial charge >= 0.3 is 0 Å². The predicted octanol–water partition coefficient (Wildman–Crippen LogP) is 3.00. The molecule has 1 heterocycles. The second-order valence-electron chi connectivity index (χ2n) is 8.22. The topological polar surface area (TPSA) is 93.7 Å². The summed E-state index contributed by atoms with van der Waals surface area (Å²) in [5, 5.41) is 2.94. The Bertz CT molecular complexity index is 1050. The lowest BCUT2D eigenvalue weighted by atomic mass is 9.74. The second-order valence-corrected chi connectivity index (χ2v) is 9.91. The van der Waals surface area contributed by atoms with Crippen LogP contribution in [0.15, 0.2) is 47.4 Å². The van der Waals surface area contributed by atoms with Crippen LogP contribution in [0.5, 0.6) is 5.75 Å². The first-order chi connectivity index (χ1) is 15.2. The highest BCUT2D eigenvalue weighted by Gasteiger charge is 2.35. The predicted molar refractivity (Wildman–Crippen MR) is 119 cm³/mol. The summed E-state index contributed by atoms with van der Waals surface area (Å²) in [6.07, 6.45) is 1.36. The van der Waals surface area contributed by atoms with Crippen molar-refractivity contribution in [1.29, 1.82) is 0 Å². The molecule has 1 saturated heterocycles. The molecule has 0 aromatic heterocycles. The van der Waals surface area contributed by atoms with Gasteiger partial charge in [0.15, 0.2) is 0 Å². The summed E-state index contributed by atoms with van der Waals surface area (Å²) in [5.41, 5.74) is 0.750. The largest absolute Gasteiger partial charge is 0.495 e. The SMILES string of the molecule is COc1ccc(C(=O)NCC2(c3ccc(F)cc3)CCOCC2)cc1S(=O)(=O)NC(C)C. The average molecular weight is 465 g/mol. The van der Waals surface area contributed by atoms with E-state index in [4.69, 9.17) is 9.47 Å². The molecule has 32 heavy (non-hydrogen) atoms. The van der Waals surface area contributed by atoms with Crippen LogP contribution in [0.4, 0.5) is 4.39 Å². The summed E-state index contributed by atoms with van der Waals surface area (Å²) in [7, 11) is -2.48. The first kappa shape index (κ1) is 24.2. The van der Waals surface area contributed by atoms with Gasteiger partial charge in [-0.05, 0) is 62.6 Å². The van der Waals surface area contributed by atoms with Crippen LogP contribution >= 0.6 is 0 Å². The zero-order valence-electron chi connectivity index (χ0n) is 18.5. The molecule has 7 nitrogen and oxygen atoms in total. The Morgan fingerprint density at radius 2 is 1.81 bits per heavy atom. The first-order valence-corrected chi connectivity index (χ1v) is 12.0. The number of hydrogen-bond acceptors (Lipinski definition) is 5. The van der Waals surface area contributed by atoms with Crippen molar-refractivity contribution in [1.82, 2.24) is 10.0 Å². The number of halogens is 1. The molecule has 2 N–H and O–H groups in total. The number of methoxy groups -OCH3 is 1. The summed E-state index contributed by atoms with van der Waals surface area (Å²) >= 11 is 0. The van der Waals surface area contributed by atoms with Gasteiger partial charge in [0.25, 0.3) is 5.91 Å². The van der Waals surface area contributed by atoms with Crippen LogP contribution in [0.3, 0.4) is 0 Å². The Kier molecular flexibility index (Phi) is 7.53. The molecule has 2 aromatic rings. The molecule has 0 bridgehead atoms. The van der Waals surface area contributed by atoms with E-state index < -0.39 is 15.9 Å². The molecular weight excluding hydrogens is 435 g/mol. The van der Waals surface area contributed by atoms with E-state index in [1.54, 1.807) is 26.0 Å². The zero-order chi connectivity index (χ0) is 23.4. The van der Waals surface area contributed by atoms with Crippen molar-refractivity contribution in [2.45, 2.75) is 43.0 Å². The maximum atomic E-state index is 13.4. The standard InChI is InChI=1S/C23H29FN2O5S/c1-16(2)26-32(28,29)21-14-17(4-9-20(21)30-3)22(27)25-15-23(10-12-31-13-11-23)18-5-7-19(24)8-6-18/h4-9,14,16,26H,10-13,15H2,1-3H3,(H,25,27). The molecule has 3 rings (SSSR count). The molecule has 9 heteroatoms. The molecule has 1 amide bonds. The number of nitrogens with one attached hydrogen (secondary N) is 2. The summed E-state index contributed by atoms with van der Waals surface area (Å²) < 4.78 is 52.0. The van der Waals surface area contributed by atoms with E-state index in [0.29, 0.717) is 32.6 Å². The lowest BCUT2D eigenvalue weighted by Crippen LogP contribution is -2.44. The van der Waals surface area contributed by atoms with Gasteiger partial charge < -0.3 is 14.8 Å². The number of amides is 1. The Morgan fingerprint density at radius 3 is 2.41 bits per heavy atom. The van der Waals surface area contributed by atoms with Crippen LogP contribution in [0.25, 0.3) is 0 Å². The molecule has 1 fully saturated rings. The lowest BCUT2D eigenvalue weighted by Gasteiger charge is -2.38. The van der Waals surface area contributed by atoms with Gasteiger partial charge in [0, 0.05) is 36.8 Å². The Hall–Kier alpha value is -2.49. The molecule has 0 saturated carbocycles. The summed E-state index contributed by atoms with van der Waals surface area (Å²) in [5.74, 6) is -0.564. The monoisotopic (exact) mass is 464 g/mol. The number of benzene rings is 2. The van der Waals surface area contributed by atoms with E-state index >= 15 is 0 Å². The third-order valence-corrected chi connectivity index (χ3v) is 7.28. The van der Waals surface area contributed by atoms with Crippen molar-refractivity contribution < 1.29 is 27.1 Å². The van der Waals surface area contributed by atoms with E-state index in [1.807, 2.05) is 0 Å². The van der Waals surface area contributed by atoms with Crippen LogP contribution in [0, 0.1) is 5.82 Å². The fraction of sp³-hybridized carbons (Fsp3) is 0.435. The molecule has 174 valence electrons. The fourth-order valence-electron chi connectivity index (χ4n) is 3.89. The van der Waals surface area contributed by atoms with Crippen molar-refractivity contribution in [2.75, 3.05) is 26.9 Å². The molecule has 1 aliphatic heterocycles. The quantitative estimate of drug-likeness (QED) is 0.627. The van der Waals surface area contributed by atoms with E-state index in [0.717, 1.165) is 5.56 Å². The third kappa shape index (κ3) is 5.46. The molecule has 0 radical (unpaired) electrons. The third-order valence-electron chi connectivity index (χ3n) is 5.60. The molecule has 2 aromatic carbocycles. The number of sulfonamides is 1. The van der Waals surface area contributed by atoms with Gasteiger partial charge in [-0.2, -0.15) is 0 Å². The molecule has 1 aliphatic rings. The lowest BCUT2D eigenvalue weighted by molar-refractivity contribution is 0.0487. The molecular formula is C23H29FN2O5S. The average Bonchev–Trinajstić information content (AvgIpc) is 2.77. The first-order valence-electron chi connectivity index (χ1n) is 10.5. The van der Waals surface area contributed by atoms with Crippen LogP contribution < -0.4 is 14.8 Å². The summed E-state index contributed by atoms with van der Waals surface area (Å²) in [6, 6.07) is 10.3. The van der Waals surface area contributed by atoms with Gasteiger partial charge in [0.1, 0.15) is 16.5 Å². The number of hydrogen-bond donors (Lipinski definition) is 2. The number of carbonyl (C=O) groups excluding carboxylic acids is 1. The minimum Gasteiger partial charge on any atom is -0.495 e. The van der Waals surface area contributed by atoms with E-state index in [-0.39, 0.29) is 33.5 Å². The number of ether oxygens (including phenoxy) is 2. The van der Waals surface area contributed by atoms with Gasteiger partial charge in [0.2, 0.25) is 10.0 Å². The van der Waals surface area contributed by atoms with Gasteiger partial charge in [-0.3, -0.25) is 4.79 Å². The van der Waals surface area contributed by atoms with Crippen molar-refractivity contribution in [3.63, 3.8) is 0 Å². The van der Waals surface area contributed by atoms with Crippen LogP contribution in [0.1, 0.15) is 42.6 Å². The normalized spacial score (nSPS) is 16.0. The van der Waals surface area contributed by atoms with E-state index in [1.165, 1.54) is 37.4 Å². The number of carbonyl (C=O) groups is 1. The highest BCUT2D eigenvalue weighted by molar-refractivity contribution is 7.89. The van der Waals surface area contributed by atoms with Crippen LogP contribution in [-0.2, 0) is 20.2 Å². The summed E-state index contributed by atoms with van der Waals surface area (Å²) in [4.78, 5) is 12.9. The van der Waals surface area contributed by atoms with E-state index in [2.05, 4.69) is 10.0 Å². The van der Waals surface area contributed by atoms with Crippen molar-refractivity contribution in [2.24, 2.45) is 0 Å². The Balaban J connectivity index is 1.84. The fourth-order valence-corrected chi connectivity index (χ4v) is 5.33. The van der Waals surface area contributed by atoms with Crippen LogP contribution in [-0.4, -0.2) is 47.2 Å². The van der Waals surface area contributed by atoms with Gasteiger partial charge in [-0.15, -0.1) is 0 Å². The highest BCUT2D eigenvalue weighted by Crippen LogP contribution is 2.34. The molecule has 0 spiro atoms. The van der Waals surface area contributed by atoms with E-state index in [9.17, 15) is 17.6 Å². The van der Waals surface area contributed by atoms with Crippen molar-refractivity contribution in [3.8, 4) is 5.75 Å². The summed E-state index contributed by atoms with van der Waals surface area (Å²) in [6.45, 7) is 4.82.